The van der Waals surface area contributed by atoms with Crippen LogP contribution in [0.5, 0.6) is 5.75 Å². The molecule has 0 amide bonds. The quantitative estimate of drug-likeness (QED) is 0.661. The first kappa shape index (κ1) is 20.2. The Labute approximate surface area is 181 Å². The molecule has 0 aromatic heterocycles. The van der Waals surface area contributed by atoms with Gasteiger partial charge in [-0.25, -0.2) is 12.8 Å². The molecule has 0 aliphatic carbocycles. The van der Waals surface area contributed by atoms with Gasteiger partial charge in [-0.05, 0) is 41.5 Å². The van der Waals surface area contributed by atoms with Crippen molar-refractivity contribution in [2.45, 2.75) is 22.9 Å². The number of fused-ring (bicyclic) bond motifs is 2. The molecule has 0 spiro atoms. The molecule has 31 heavy (non-hydrogen) atoms. The lowest BCUT2D eigenvalue weighted by atomic mass is 9.75. The highest BCUT2D eigenvalue weighted by Gasteiger charge is 2.49. The highest BCUT2D eigenvalue weighted by molar-refractivity contribution is 7.89. The van der Waals surface area contributed by atoms with Gasteiger partial charge in [0.25, 0.3) is 0 Å². The number of piperazine rings is 1. The van der Waals surface area contributed by atoms with E-state index in [1.807, 2.05) is 24.3 Å². The summed E-state index contributed by atoms with van der Waals surface area (Å²) in [5.74, 6) is 0.657. The van der Waals surface area contributed by atoms with Crippen LogP contribution in [0.25, 0.3) is 11.1 Å². The molecule has 160 valence electrons. The minimum absolute atomic E-state index is 0.0612. The molecule has 5 nitrogen and oxygen atoms in total. The highest BCUT2D eigenvalue weighted by Crippen LogP contribution is 2.39. The maximum Gasteiger partial charge on any atom is 0.243 e. The largest absolute Gasteiger partial charge is 0.496 e. The number of hydrogen-bond donors (Lipinski definition) is 1. The van der Waals surface area contributed by atoms with Crippen LogP contribution in [0, 0.1) is 5.82 Å². The van der Waals surface area contributed by atoms with Crippen molar-refractivity contribution in [3.8, 4) is 16.9 Å². The molecule has 1 N–H and O–H groups in total. The zero-order chi connectivity index (χ0) is 21.6. The monoisotopic (exact) mass is 438 g/mol. The van der Waals surface area contributed by atoms with Crippen LogP contribution in [0.3, 0.4) is 0 Å². The fraction of sp³-hybridized carbons (Fsp3) is 0.250. The van der Waals surface area contributed by atoms with E-state index in [4.69, 9.17) is 4.74 Å². The topological polar surface area (TPSA) is 58.6 Å². The zero-order valence-corrected chi connectivity index (χ0v) is 17.8. The second-order valence-electron chi connectivity index (χ2n) is 8.00. The van der Waals surface area contributed by atoms with E-state index in [9.17, 15) is 12.8 Å². The van der Waals surface area contributed by atoms with Gasteiger partial charge in [-0.15, -0.1) is 0 Å². The van der Waals surface area contributed by atoms with E-state index in [-0.39, 0.29) is 22.9 Å². The lowest BCUT2D eigenvalue weighted by Crippen LogP contribution is -2.72. The predicted molar refractivity (Wildman–Crippen MR) is 117 cm³/mol. The molecule has 0 radical (unpaired) electrons. The van der Waals surface area contributed by atoms with Crippen molar-refractivity contribution in [3.05, 3.63) is 84.2 Å². The summed E-state index contributed by atoms with van der Waals surface area (Å²) in [6, 6.07) is 21.5. The second-order valence-corrected chi connectivity index (χ2v) is 9.94. The summed E-state index contributed by atoms with van der Waals surface area (Å²) in [6.07, 6.45) is 0. The van der Waals surface area contributed by atoms with Gasteiger partial charge in [0.05, 0.1) is 12.0 Å². The molecule has 3 aliphatic rings. The first-order valence-electron chi connectivity index (χ1n) is 10.2. The fourth-order valence-corrected chi connectivity index (χ4v) is 6.17. The Balaban J connectivity index is 1.33. The van der Waals surface area contributed by atoms with Crippen LogP contribution >= 0.6 is 0 Å². The van der Waals surface area contributed by atoms with Gasteiger partial charge >= 0.3 is 0 Å². The van der Waals surface area contributed by atoms with Crippen molar-refractivity contribution in [2.75, 3.05) is 20.2 Å². The van der Waals surface area contributed by atoms with E-state index in [1.165, 1.54) is 34.1 Å². The molecule has 3 aromatic carbocycles. The molecule has 6 rings (SSSR count). The average Bonchev–Trinajstić information content (AvgIpc) is 2.80. The first-order valence-corrected chi connectivity index (χ1v) is 11.7. The van der Waals surface area contributed by atoms with Gasteiger partial charge in [0.15, 0.2) is 0 Å². The van der Waals surface area contributed by atoms with Gasteiger partial charge in [-0.1, -0.05) is 42.5 Å². The molecule has 7 heteroatoms. The van der Waals surface area contributed by atoms with E-state index < -0.39 is 15.8 Å². The summed E-state index contributed by atoms with van der Waals surface area (Å²) in [5, 5.41) is 3.47. The summed E-state index contributed by atoms with van der Waals surface area (Å²) in [4.78, 5) is 0.132. The molecule has 0 saturated carbocycles. The van der Waals surface area contributed by atoms with Gasteiger partial charge in [0.1, 0.15) is 11.6 Å². The number of sulfonamides is 1. The third kappa shape index (κ3) is 3.52. The van der Waals surface area contributed by atoms with Crippen LogP contribution in [-0.2, 0) is 10.0 Å². The van der Waals surface area contributed by atoms with Crippen LogP contribution in [-0.4, -0.2) is 45.0 Å². The molecule has 3 atom stereocenters. The second kappa shape index (κ2) is 7.75. The van der Waals surface area contributed by atoms with Crippen LogP contribution < -0.4 is 10.1 Å². The fourth-order valence-electron chi connectivity index (χ4n) is 4.67. The first-order chi connectivity index (χ1) is 15.0. The van der Waals surface area contributed by atoms with Crippen molar-refractivity contribution >= 4 is 10.0 Å². The smallest absolute Gasteiger partial charge is 0.243 e. The Morgan fingerprint density at radius 2 is 1.58 bits per heavy atom. The Kier molecular flexibility index (Phi) is 5.04. The van der Waals surface area contributed by atoms with Crippen LogP contribution in [0.1, 0.15) is 11.5 Å². The van der Waals surface area contributed by atoms with Gasteiger partial charge < -0.3 is 10.1 Å². The van der Waals surface area contributed by atoms with Crippen molar-refractivity contribution in [3.63, 3.8) is 0 Å². The summed E-state index contributed by atoms with van der Waals surface area (Å²) in [6.45, 7) is 0.796. The minimum atomic E-state index is -3.62. The van der Waals surface area contributed by atoms with E-state index in [2.05, 4.69) is 29.6 Å². The molecule has 3 heterocycles. The Bertz CT molecular complexity index is 1180. The lowest BCUT2D eigenvalue weighted by molar-refractivity contribution is 0.102. The van der Waals surface area contributed by atoms with Gasteiger partial charge in [0, 0.05) is 36.7 Å². The average molecular weight is 439 g/mol. The maximum absolute atomic E-state index is 13.2. The molecular formula is C24H23FN2O3S. The van der Waals surface area contributed by atoms with Gasteiger partial charge in [-0.3, -0.25) is 0 Å². The number of ether oxygens (including phenoxy) is 1. The standard InChI is InChI=1S/C24H23FN2O3S/c1-30-23-5-3-2-4-20(23)16-6-8-17(9-7-16)24-21-14-27(15-22(24)26-21)31(28,29)19-12-10-18(25)11-13-19/h2-13,21-22,24,26H,14-15H2,1H3/t21-,22+,24?. The third-order valence-electron chi connectivity index (χ3n) is 6.26. The zero-order valence-electron chi connectivity index (χ0n) is 17.0. The van der Waals surface area contributed by atoms with Crippen molar-refractivity contribution in [1.82, 2.24) is 9.62 Å². The number of rotatable bonds is 5. The highest BCUT2D eigenvalue weighted by atomic mass is 32.2. The van der Waals surface area contributed by atoms with Crippen molar-refractivity contribution in [2.24, 2.45) is 0 Å². The Hall–Kier alpha value is -2.74. The lowest BCUT2D eigenvalue weighted by Gasteiger charge is -2.54. The van der Waals surface area contributed by atoms with Gasteiger partial charge in [0.2, 0.25) is 10.0 Å². The van der Waals surface area contributed by atoms with Crippen molar-refractivity contribution in [1.29, 1.82) is 0 Å². The van der Waals surface area contributed by atoms with E-state index >= 15 is 0 Å². The molecule has 3 aromatic rings. The molecule has 1 unspecified atom stereocenters. The number of nitrogens with one attached hydrogen (secondary N) is 1. The third-order valence-corrected chi connectivity index (χ3v) is 8.11. The number of halogens is 1. The van der Waals surface area contributed by atoms with E-state index in [1.54, 1.807) is 7.11 Å². The Morgan fingerprint density at radius 3 is 2.23 bits per heavy atom. The normalized spacial score (nSPS) is 23.2. The van der Waals surface area contributed by atoms with E-state index in [0.717, 1.165) is 16.9 Å². The maximum atomic E-state index is 13.2. The van der Waals surface area contributed by atoms with Crippen LogP contribution in [0.2, 0.25) is 0 Å². The SMILES string of the molecule is COc1ccccc1-c1ccc(C2[C@@H]3CN(S(=O)(=O)c4ccc(F)cc4)C[C@H]2N3)cc1. The van der Waals surface area contributed by atoms with Crippen molar-refractivity contribution < 1.29 is 17.5 Å². The molecule has 3 saturated heterocycles. The molecule has 3 aliphatic heterocycles. The Morgan fingerprint density at radius 1 is 0.935 bits per heavy atom. The number of para-hydroxylation sites is 1. The molecule has 3 fully saturated rings. The number of benzene rings is 3. The van der Waals surface area contributed by atoms with Crippen LogP contribution in [0.4, 0.5) is 4.39 Å². The molecule has 2 bridgehead atoms. The number of methoxy groups -OCH3 is 1. The number of piperidine rings is 1. The molecular weight excluding hydrogens is 415 g/mol. The number of hydrogen-bond acceptors (Lipinski definition) is 4. The summed E-state index contributed by atoms with van der Waals surface area (Å²) in [7, 11) is -1.96. The summed E-state index contributed by atoms with van der Waals surface area (Å²) >= 11 is 0. The predicted octanol–water partition coefficient (Wildman–Crippen LogP) is 3.63. The summed E-state index contributed by atoms with van der Waals surface area (Å²) in [5.41, 5.74) is 3.32. The number of nitrogens with zero attached hydrogens (tertiary/aromatic N) is 1. The van der Waals surface area contributed by atoms with E-state index in [0.29, 0.717) is 13.1 Å². The van der Waals surface area contributed by atoms with Gasteiger partial charge in [-0.2, -0.15) is 4.31 Å². The van der Waals surface area contributed by atoms with Crippen LogP contribution in [0.15, 0.2) is 77.7 Å². The minimum Gasteiger partial charge on any atom is -0.496 e. The summed E-state index contributed by atoms with van der Waals surface area (Å²) < 4.78 is 46.0.